The topological polar surface area (TPSA) is 187 Å². The van der Waals surface area contributed by atoms with E-state index in [1.54, 1.807) is 0 Å². The van der Waals surface area contributed by atoms with E-state index in [1.807, 2.05) is 0 Å². The van der Waals surface area contributed by atoms with Crippen molar-refractivity contribution in [1.82, 2.24) is 0 Å². The van der Waals surface area contributed by atoms with Gasteiger partial charge in [0.1, 0.15) is 34.1 Å². The smallest absolute Gasteiger partial charge is 0.339 e. The molecule has 8 N–H and O–H groups in total. The van der Waals surface area contributed by atoms with Crippen LogP contribution in [0, 0.1) is 0 Å². The third-order valence-electron chi connectivity index (χ3n) is 2.42. The van der Waals surface area contributed by atoms with Gasteiger partial charge in [0, 0.05) is 0 Å². The summed E-state index contributed by atoms with van der Waals surface area (Å²) in [7, 11) is 0. The van der Waals surface area contributed by atoms with E-state index in [1.165, 1.54) is 12.1 Å². The molecule has 0 aliphatic rings. The second-order valence-corrected chi connectivity index (χ2v) is 4.01. The predicted octanol–water partition coefficient (Wildman–Crippen LogP) is 0.767. The highest BCUT2D eigenvalue weighted by Gasteiger charge is 2.09. The molecule has 0 aliphatic heterocycles. The van der Waals surface area contributed by atoms with Crippen LogP contribution in [0.15, 0.2) is 36.4 Å². The fraction of sp³-hybridized carbons (Fsp3) is 0. The standard InChI is InChI=1S/2C7H6O4.H2O/c2*8-4-1-2-6(9)5(3-4)7(10)11;/h2*1-3,8-9H,(H,10,11);1H2. The number of aromatic hydroxyl groups is 4. The first-order chi connectivity index (χ1) is 10.2. The van der Waals surface area contributed by atoms with Gasteiger partial charge in [-0.25, -0.2) is 9.59 Å². The fourth-order valence-electron chi connectivity index (χ4n) is 1.39. The summed E-state index contributed by atoms with van der Waals surface area (Å²) in [6.45, 7) is 0. The van der Waals surface area contributed by atoms with Crippen molar-refractivity contribution in [3.8, 4) is 23.0 Å². The van der Waals surface area contributed by atoms with Gasteiger partial charge in [-0.2, -0.15) is 0 Å². The molecule has 124 valence electrons. The molecule has 2 aromatic rings. The fourth-order valence-corrected chi connectivity index (χ4v) is 1.39. The van der Waals surface area contributed by atoms with Crippen molar-refractivity contribution in [2.45, 2.75) is 0 Å². The van der Waals surface area contributed by atoms with Crippen LogP contribution in [0.4, 0.5) is 0 Å². The van der Waals surface area contributed by atoms with E-state index in [2.05, 4.69) is 0 Å². The van der Waals surface area contributed by atoms with E-state index in [-0.39, 0.29) is 39.6 Å². The Bertz CT molecular complexity index is 648. The van der Waals surface area contributed by atoms with Crippen molar-refractivity contribution >= 4 is 11.9 Å². The molecule has 0 saturated heterocycles. The van der Waals surface area contributed by atoms with Gasteiger partial charge in [0.2, 0.25) is 0 Å². The lowest BCUT2D eigenvalue weighted by Gasteiger charge is -1.98. The number of carboxylic acid groups (broad SMARTS) is 2. The molecule has 0 aromatic heterocycles. The highest BCUT2D eigenvalue weighted by Crippen LogP contribution is 2.22. The highest BCUT2D eigenvalue weighted by atomic mass is 16.4. The normalized spacial score (nSPS) is 9.04. The summed E-state index contributed by atoms with van der Waals surface area (Å²) >= 11 is 0. The van der Waals surface area contributed by atoms with Crippen LogP contribution < -0.4 is 0 Å². The number of hydrogen-bond donors (Lipinski definition) is 6. The quantitative estimate of drug-likeness (QED) is 0.436. The van der Waals surface area contributed by atoms with Crippen molar-refractivity contribution in [1.29, 1.82) is 0 Å². The van der Waals surface area contributed by atoms with Gasteiger partial charge < -0.3 is 36.1 Å². The molecular formula is C14H14O9. The van der Waals surface area contributed by atoms with E-state index in [0.717, 1.165) is 24.3 Å². The number of aromatic carboxylic acids is 2. The number of benzene rings is 2. The van der Waals surface area contributed by atoms with Crippen LogP contribution in [-0.2, 0) is 0 Å². The Balaban J connectivity index is 0.000000403. The average Bonchev–Trinajstić information content (AvgIpc) is 2.44. The average molecular weight is 326 g/mol. The zero-order valence-electron chi connectivity index (χ0n) is 11.5. The first-order valence-electron chi connectivity index (χ1n) is 5.73. The van der Waals surface area contributed by atoms with Crippen molar-refractivity contribution in [3.05, 3.63) is 47.5 Å². The molecule has 0 bridgehead atoms. The lowest BCUT2D eigenvalue weighted by molar-refractivity contribution is 0.0682. The lowest BCUT2D eigenvalue weighted by Crippen LogP contribution is -1.95. The van der Waals surface area contributed by atoms with Crippen LogP contribution in [0.5, 0.6) is 23.0 Å². The molecule has 0 aliphatic carbocycles. The van der Waals surface area contributed by atoms with Crippen molar-refractivity contribution < 1.29 is 45.7 Å². The third kappa shape index (κ3) is 5.44. The lowest BCUT2D eigenvalue weighted by atomic mass is 10.2. The summed E-state index contributed by atoms with van der Waals surface area (Å²) in [5.74, 6) is -3.59. The van der Waals surface area contributed by atoms with E-state index in [9.17, 15) is 9.59 Å². The molecule has 2 aromatic carbocycles. The minimum absolute atomic E-state index is 0. The van der Waals surface area contributed by atoms with E-state index >= 15 is 0 Å². The van der Waals surface area contributed by atoms with Gasteiger partial charge in [-0.3, -0.25) is 0 Å². The Morgan fingerprint density at radius 1 is 0.652 bits per heavy atom. The Kier molecular flexibility index (Phi) is 6.88. The number of hydrogen-bond acceptors (Lipinski definition) is 6. The minimum Gasteiger partial charge on any atom is -0.508 e. The second-order valence-electron chi connectivity index (χ2n) is 4.01. The van der Waals surface area contributed by atoms with Gasteiger partial charge in [0.15, 0.2) is 0 Å². The summed E-state index contributed by atoms with van der Waals surface area (Å²) in [5, 5.41) is 52.3. The zero-order chi connectivity index (χ0) is 16.9. The SMILES string of the molecule is O.O=C(O)c1cc(O)ccc1O.O=C(O)c1cc(O)ccc1O. The maximum Gasteiger partial charge on any atom is 0.339 e. The maximum absolute atomic E-state index is 10.3. The number of phenols is 4. The molecule has 9 heteroatoms. The van der Waals surface area contributed by atoms with Crippen LogP contribution in [0.1, 0.15) is 20.7 Å². The van der Waals surface area contributed by atoms with Crippen molar-refractivity contribution in [3.63, 3.8) is 0 Å². The van der Waals surface area contributed by atoms with Gasteiger partial charge in [-0.05, 0) is 36.4 Å². The van der Waals surface area contributed by atoms with Crippen LogP contribution in [0.2, 0.25) is 0 Å². The van der Waals surface area contributed by atoms with Crippen LogP contribution in [0.25, 0.3) is 0 Å². The van der Waals surface area contributed by atoms with E-state index < -0.39 is 11.9 Å². The Labute approximate surface area is 129 Å². The predicted molar refractivity (Wildman–Crippen MR) is 77.1 cm³/mol. The van der Waals surface area contributed by atoms with Crippen molar-refractivity contribution in [2.75, 3.05) is 0 Å². The Morgan fingerprint density at radius 3 is 1.17 bits per heavy atom. The molecule has 23 heavy (non-hydrogen) atoms. The van der Waals surface area contributed by atoms with E-state index in [4.69, 9.17) is 30.6 Å². The Hall–Kier alpha value is -3.46. The summed E-state index contributed by atoms with van der Waals surface area (Å²) in [5.41, 5.74) is -0.602. The second kappa shape index (κ2) is 8.10. The van der Waals surface area contributed by atoms with Crippen LogP contribution in [0.3, 0.4) is 0 Å². The molecule has 0 spiro atoms. The molecule has 0 amide bonds. The molecule has 0 heterocycles. The van der Waals surface area contributed by atoms with Gasteiger partial charge in [-0.15, -0.1) is 0 Å². The van der Waals surface area contributed by atoms with Crippen LogP contribution in [-0.4, -0.2) is 48.1 Å². The van der Waals surface area contributed by atoms with E-state index in [0.29, 0.717) is 0 Å². The molecule has 0 saturated carbocycles. The molecule has 0 unspecified atom stereocenters. The Morgan fingerprint density at radius 2 is 0.957 bits per heavy atom. The molecule has 2 rings (SSSR count). The third-order valence-corrected chi connectivity index (χ3v) is 2.42. The van der Waals surface area contributed by atoms with Crippen LogP contribution >= 0.6 is 0 Å². The molecule has 0 fully saturated rings. The maximum atomic E-state index is 10.3. The summed E-state index contributed by atoms with van der Waals surface area (Å²) in [6.07, 6.45) is 0. The number of carbonyl (C=O) groups is 2. The molecular weight excluding hydrogens is 312 g/mol. The number of phenolic OH excluding ortho intramolecular Hbond substituents is 2. The minimum atomic E-state index is -1.27. The molecule has 0 radical (unpaired) electrons. The first-order valence-corrected chi connectivity index (χ1v) is 5.73. The van der Waals surface area contributed by atoms with Gasteiger partial charge in [-0.1, -0.05) is 0 Å². The van der Waals surface area contributed by atoms with Gasteiger partial charge in [0.05, 0.1) is 0 Å². The summed E-state index contributed by atoms with van der Waals surface area (Å²) in [6, 6.07) is 6.64. The first kappa shape index (κ1) is 19.5. The largest absolute Gasteiger partial charge is 0.508 e. The van der Waals surface area contributed by atoms with Gasteiger partial charge >= 0.3 is 11.9 Å². The monoisotopic (exact) mass is 326 g/mol. The van der Waals surface area contributed by atoms with Gasteiger partial charge in [0.25, 0.3) is 0 Å². The number of rotatable bonds is 2. The highest BCUT2D eigenvalue weighted by molar-refractivity contribution is 5.91. The van der Waals surface area contributed by atoms with Crippen molar-refractivity contribution in [2.24, 2.45) is 0 Å². The summed E-state index contributed by atoms with van der Waals surface area (Å²) < 4.78 is 0. The summed E-state index contributed by atoms with van der Waals surface area (Å²) in [4.78, 5) is 20.6. The molecule has 9 nitrogen and oxygen atoms in total. The number of carboxylic acids is 2. The molecule has 0 atom stereocenters. The zero-order valence-corrected chi connectivity index (χ0v) is 11.5.